The molecule has 4 heteroatoms. The Kier molecular flexibility index (Phi) is 5.28. The molecule has 1 fully saturated rings. The predicted molar refractivity (Wildman–Crippen MR) is 103 cm³/mol. The molecule has 1 heterocycles. The van der Waals surface area contributed by atoms with Crippen molar-refractivity contribution in [3.63, 3.8) is 0 Å². The molecule has 1 aliphatic rings. The lowest BCUT2D eigenvalue weighted by Crippen LogP contribution is -2.48. The molecule has 3 nitrogen and oxygen atoms in total. The molecule has 130 valence electrons. The molecule has 0 saturated carbocycles. The molecular weight excluding hydrogens is 378 g/mol. The van der Waals surface area contributed by atoms with Gasteiger partial charge >= 0.3 is 6.09 Å². The number of benzene rings is 2. The first-order chi connectivity index (χ1) is 12.1. The minimum absolute atomic E-state index is 0.0295. The fourth-order valence-corrected chi connectivity index (χ4v) is 3.65. The summed E-state index contributed by atoms with van der Waals surface area (Å²) in [6, 6.07) is 18.0. The number of hydrogen-bond acceptors (Lipinski definition) is 2. The molecule has 0 unspecified atom stereocenters. The van der Waals surface area contributed by atoms with Crippen LogP contribution in [-0.2, 0) is 10.3 Å². The van der Waals surface area contributed by atoms with Crippen LogP contribution >= 0.6 is 15.9 Å². The summed E-state index contributed by atoms with van der Waals surface area (Å²) in [4.78, 5) is 14.6. The predicted octanol–water partition coefficient (Wildman–Crippen LogP) is 5.82. The first-order valence-corrected chi connectivity index (χ1v) is 9.26. The van der Waals surface area contributed by atoms with Gasteiger partial charge in [-0.3, -0.25) is 0 Å². The number of amides is 1. The zero-order valence-electron chi connectivity index (χ0n) is 14.3. The molecule has 0 bridgehead atoms. The van der Waals surface area contributed by atoms with Crippen molar-refractivity contribution in [3.05, 3.63) is 82.9 Å². The molecule has 3 rings (SSSR count). The van der Waals surface area contributed by atoms with Gasteiger partial charge in [0.2, 0.25) is 0 Å². The van der Waals surface area contributed by atoms with Crippen molar-refractivity contribution in [2.45, 2.75) is 31.4 Å². The number of rotatable bonds is 5. The van der Waals surface area contributed by atoms with Gasteiger partial charge in [0.25, 0.3) is 0 Å². The van der Waals surface area contributed by atoms with Crippen LogP contribution in [0.2, 0.25) is 0 Å². The van der Waals surface area contributed by atoms with E-state index in [1.165, 1.54) is 0 Å². The molecule has 1 amide bonds. The maximum Gasteiger partial charge on any atom is 0.411 e. The Balaban J connectivity index is 1.82. The summed E-state index contributed by atoms with van der Waals surface area (Å²) in [5, 5.41) is 0. The lowest BCUT2D eigenvalue weighted by Gasteiger charge is -2.43. The van der Waals surface area contributed by atoms with Gasteiger partial charge in [0.15, 0.2) is 0 Å². The summed E-state index contributed by atoms with van der Waals surface area (Å²) in [7, 11) is 0. The highest BCUT2D eigenvalue weighted by Gasteiger charge is 2.42. The number of nitrogens with zero attached hydrogens (tertiary/aromatic N) is 1. The third-order valence-electron chi connectivity index (χ3n) is 4.87. The minimum atomic E-state index is -0.615. The monoisotopic (exact) mass is 399 g/mol. The van der Waals surface area contributed by atoms with Gasteiger partial charge in [-0.25, -0.2) is 4.79 Å². The number of hydrogen-bond donors (Lipinski definition) is 0. The number of carbonyl (C=O) groups excluding carboxylic acids is 1. The van der Waals surface area contributed by atoms with Crippen LogP contribution in [0.1, 0.15) is 36.9 Å². The number of ether oxygens (including phenoxy) is 1. The fraction of sp³-hybridized carbons (Fsp3) is 0.286. The average Bonchev–Trinajstić information content (AvgIpc) is 2.63. The summed E-state index contributed by atoms with van der Waals surface area (Å²) in [5.74, 6) is 0. The van der Waals surface area contributed by atoms with Crippen molar-refractivity contribution in [3.8, 4) is 0 Å². The standard InChI is InChI=1S/C21H22BrNO2/c1-3-13-21(18-7-5-4-6-8-18)14-15-23(20(24)25-21)16(2)17-9-11-19(22)12-10-17/h3-12,16H,1,13-15H2,2H3/t16-,21-/m0/s1. The first kappa shape index (κ1) is 17.7. The Morgan fingerprint density at radius 1 is 1.24 bits per heavy atom. The Morgan fingerprint density at radius 2 is 1.92 bits per heavy atom. The second-order valence-corrected chi connectivity index (χ2v) is 7.31. The molecule has 0 spiro atoms. The molecule has 0 N–H and O–H groups in total. The van der Waals surface area contributed by atoms with E-state index < -0.39 is 5.60 Å². The number of halogens is 1. The zero-order chi connectivity index (χ0) is 17.9. The van der Waals surface area contributed by atoms with Crippen molar-refractivity contribution in [2.24, 2.45) is 0 Å². The van der Waals surface area contributed by atoms with E-state index in [1.807, 2.05) is 67.6 Å². The van der Waals surface area contributed by atoms with Crippen molar-refractivity contribution in [1.82, 2.24) is 4.90 Å². The van der Waals surface area contributed by atoms with Gasteiger partial charge in [0.1, 0.15) is 5.60 Å². The van der Waals surface area contributed by atoms with Crippen LogP contribution in [-0.4, -0.2) is 17.5 Å². The Hall–Kier alpha value is -2.07. The van der Waals surface area contributed by atoms with Crippen LogP contribution in [0.4, 0.5) is 4.79 Å². The van der Waals surface area contributed by atoms with Gasteiger partial charge in [-0.15, -0.1) is 6.58 Å². The van der Waals surface area contributed by atoms with Crippen molar-refractivity contribution < 1.29 is 9.53 Å². The maximum atomic E-state index is 12.8. The van der Waals surface area contributed by atoms with Crippen LogP contribution in [0.3, 0.4) is 0 Å². The zero-order valence-corrected chi connectivity index (χ0v) is 15.9. The normalized spacial score (nSPS) is 21.5. The molecule has 1 saturated heterocycles. The summed E-state index contributed by atoms with van der Waals surface area (Å²) in [6.07, 6.45) is 2.92. The van der Waals surface area contributed by atoms with Gasteiger partial charge in [0.05, 0.1) is 6.04 Å². The fourth-order valence-electron chi connectivity index (χ4n) is 3.38. The smallest absolute Gasteiger partial charge is 0.411 e. The van der Waals surface area contributed by atoms with Crippen LogP contribution in [0.15, 0.2) is 71.7 Å². The Morgan fingerprint density at radius 3 is 2.52 bits per heavy atom. The summed E-state index contributed by atoms with van der Waals surface area (Å²) >= 11 is 3.45. The van der Waals surface area contributed by atoms with Crippen LogP contribution in [0.25, 0.3) is 0 Å². The molecule has 0 aromatic heterocycles. The van der Waals surface area contributed by atoms with E-state index >= 15 is 0 Å². The summed E-state index contributed by atoms with van der Waals surface area (Å²) < 4.78 is 7.01. The topological polar surface area (TPSA) is 29.5 Å². The van der Waals surface area contributed by atoms with Gasteiger partial charge < -0.3 is 9.64 Å². The van der Waals surface area contributed by atoms with Gasteiger partial charge in [-0.05, 0) is 30.2 Å². The average molecular weight is 400 g/mol. The molecule has 25 heavy (non-hydrogen) atoms. The largest absolute Gasteiger partial charge is 0.437 e. The van der Waals surface area contributed by atoms with E-state index in [4.69, 9.17) is 4.74 Å². The second-order valence-electron chi connectivity index (χ2n) is 6.39. The highest BCUT2D eigenvalue weighted by Crippen LogP contribution is 2.39. The Bertz CT molecular complexity index is 744. The first-order valence-electron chi connectivity index (χ1n) is 8.47. The van der Waals surface area contributed by atoms with E-state index in [-0.39, 0.29) is 12.1 Å². The van der Waals surface area contributed by atoms with Crippen LogP contribution in [0.5, 0.6) is 0 Å². The minimum Gasteiger partial charge on any atom is -0.437 e. The summed E-state index contributed by atoms with van der Waals surface area (Å²) in [6.45, 7) is 6.54. The maximum absolute atomic E-state index is 12.8. The van der Waals surface area contributed by atoms with E-state index in [0.29, 0.717) is 13.0 Å². The number of cyclic esters (lactones) is 1. The third-order valence-corrected chi connectivity index (χ3v) is 5.40. The summed E-state index contributed by atoms with van der Waals surface area (Å²) in [5.41, 5.74) is 1.51. The lowest BCUT2D eigenvalue weighted by molar-refractivity contribution is -0.0588. The van der Waals surface area contributed by atoms with Crippen LogP contribution in [0, 0.1) is 0 Å². The molecule has 2 aromatic carbocycles. The molecule has 0 aliphatic carbocycles. The Labute approximate surface area is 157 Å². The lowest BCUT2D eigenvalue weighted by atomic mass is 9.85. The van der Waals surface area contributed by atoms with Crippen molar-refractivity contribution in [2.75, 3.05) is 6.54 Å². The van der Waals surface area contributed by atoms with Crippen molar-refractivity contribution >= 4 is 22.0 Å². The van der Waals surface area contributed by atoms with Gasteiger partial charge in [-0.2, -0.15) is 0 Å². The number of carbonyl (C=O) groups is 1. The van der Waals surface area contributed by atoms with Crippen molar-refractivity contribution in [1.29, 1.82) is 0 Å². The third kappa shape index (κ3) is 3.64. The highest BCUT2D eigenvalue weighted by atomic mass is 79.9. The van der Waals surface area contributed by atoms with E-state index in [0.717, 1.165) is 22.0 Å². The van der Waals surface area contributed by atoms with E-state index in [1.54, 1.807) is 4.90 Å². The molecular formula is C21H22BrNO2. The van der Waals surface area contributed by atoms with E-state index in [9.17, 15) is 4.79 Å². The van der Waals surface area contributed by atoms with Gasteiger partial charge in [0, 0.05) is 23.9 Å². The second kappa shape index (κ2) is 7.44. The van der Waals surface area contributed by atoms with Gasteiger partial charge in [-0.1, -0.05) is 64.5 Å². The molecule has 2 atom stereocenters. The quantitative estimate of drug-likeness (QED) is 0.592. The molecule has 1 aliphatic heterocycles. The van der Waals surface area contributed by atoms with E-state index in [2.05, 4.69) is 22.5 Å². The van der Waals surface area contributed by atoms with Crippen LogP contribution < -0.4 is 0 Å². The SMILES string of the molecule is C=CC[C@@]1(c2ccccc2)CCN([C@@H](C)c2ccc(Br)cc2)C(=O)O1. The molecule has 2 aromatic rings. The highest BCUT2D eigenvalue weighted by molar-refractivity contribution is 9.10. The molecule has 0 radical (unpaired) electrons.